The topological polar surface area (TPSA) is 33.3 Å². The van der Waals surface area contributed by atoms with Crippen LogP contribution in [0, 0.1) is 6.92 Å². The van der Waals surface area contributed by atoms with E-state index < -0.39 is 0 Å². The van der Waals surface area contributed by atoms with Crippen molar-refractivity contribution in [2.75, 3.05) is 11.9 Å². The molecule has 2 N–H and O–H groups in total. The Morgan fingerprint density at radius 2 is 1.78 bits per heavy atom. The molecule has 0 aliphatic heterocycles. The average Bonchev–Trinajstić information content (AvgIpc) is 2.55. The number of thiocarbonyl (C=S) groups is 1. The van der Waals surface area contributed by atoms with Gasteiger partial charge in [0.25, 0.3) is 0 Å². The summed E-state index contributed by atoms with van der Waals surface area (Å²) in [4.78, 5) is 0. The van der Waals surface area contributed by atoms with Crippen molar-refractivity contribution >= 4 is 23.0 Å². The Bertz CT molecular complexity index is 640. The molecule has 0 aromatic heterocycles. The highest BCUT2D eigenvalue weighted by Crippen LogP contribution is 2.24. The summed E-state index contributed by atoms with van der Waals surface area (Å²) in [5.74, 6) is 0.808. The molecule has 2 aromatic carbocycles. The second kappa shape index (κ2) is 8.53. The lowest BCUT2D eigenvalue weighted by atomic mass is 10.0. The third kappa shape index (κ3) is 4.96. The fourth-order valence-corrected chi connectivity index (χ4v) is 2.64. The summed E-state index contributed by atoms with van der Waals surface area (Å²) >= 11 is 5.47. The molecule has 2 rings (SSSR count). The van der Waals surface area contributed by atoms with Crippen LogP contribution in [-0.2, 0) is 0 Å². The van der Waals surface area contributed by atoms with E-state index in [1.165, 1.54) is 11.1 Å². The zero-order chi connectivity index (χ0) is 16.7. The average molecular weight is 328 g/mol. The second-order valence-corrected chi connectivity index (χ2v) is 5.81. The highest BCUT2D eigenvalue weighted by molar-refractivity contribution is 7.80. The van der Waals surface area contributed by atoms with Crippen LogP contribution in [0.1, 0.15) is 37.4 Å². The van der Waals surface area contributed by atoms with Gasteiger partial charge in [0.2, 0.25) is 0 Å². The predicted molar refractivity (Wildman–Crippen MR) is 101 cm³/mol. The number of benzene rings is 2. The first-order valence-corrected chi connectivity index (χ1v) is 8.40. The molecule has 0 saturated heterocycles. The molecule has 0 radical (unpaired) electrons. The molecular formula is C19H24N2OS. The molecule has 1 atom stereocenters. The molecule has 0 unspecified atom stereocenters. The number of para-hydroxylation sites is 2. The van der Waals surface area contributed by atoms with Crippen molar-refractivity contribution < 1.29 is 4.74 Å². The molecular weight excluding hydrogens is 304 g/mol. The van der Waals surface area contributed by atoms with Crippen molar-refractivity contribution in [1.82, 2.24) is 5.32 Å². The molecule has 0 aliphatic carbocycles. The zero-order valence-corrected chi connectivity index (χ0v) is 14.7. The summed E-state index contributed by atoms with van der Waals surface area (Å²) < 4.78 is 5.62. The number of hydrogen-bond donors (Lipinski definition) is 2. The van der Waals surface area contributed by atoms with E-state index in [2.05, 4.69) is 48.7 Å². The van der Waals surface area contributed by atoms with Crippen LogP contribution in [0.15, 0.2) is 48.5 Å². The minimum absolute atomic E-state index is 0.190. The highest BCUT2D eigenvalue weighted by Gasteiger charge is 2.11. The number of hydrogen-bond acceptors (Lipinski definition) is 2. The monoisotopic (exact) mass is 328 g/mol. The standard InChI is InChI=1S/C19H24N2OS/c1-4-16(15-12-10-14(3)11-13-15)20-19(23)21-17-8-6-7-9-18(17)22-5-2/h6-13,16H,4-5H2,1-3H3,(H2,20,21,23)/t16-/m1/s1. The van der Waals surface area contributed by atoms with Crippen molar-refractivity contribution in [3.63, 3.8) is 0 Å². The summed E-state index contributed by atoms with van der Waals surface area (Å²) in [7, 11) is 0. The Hall–Kier alpha value is -2.07. The SMILES string of the molecule is CCOc1ccccc1NC(=S)N[C@H](CC)c1ccc(C)cc1. The Labute approximate surface area is 144 Å². The molecule has 0 bridgehead atoms. The molecule has 0 aliphatic rings. The molecule has 3 nitrogen and oxygen atoms in total. The summed E-state index contributed by atoms with van der Waals surface area (Å²) in [6.45, 7) is 6.83. The Morgan fingerprint density at radius 3 is 2.43 bits per heavy atom. The molecule has 23 heavy (non-hydrogen) atoms. The van der Waals surface area contributed by atoms with Crippen LogP contribution in [0.5, 0.6) is 5.75 Å². The third-order valence-corrected chi connectivity index (χ3v) is 3.85. The van der Waals surface area contributed by atoms with E-state index in [-0.39, 0.29) is 6.04 Å². The summed E-state index contributed by atoms with van der Waals surface area (Å²) in [6.07, 6.45) is 0.956. The first-order valence-electron chi connectivity index (χ1n) is 8.00. The molecule has 0 amide bonds. The van der Waals surface area contributed by atoms with Gasteiger partial charge in [0, 0.05) is 0 Å². The Kier molecular flexibility index (Phi) is 6.41. The van der Waals surface area contributed by atoms with Gasteiger partial charge in [-0.05, 0) is 50.2 Å². The smallest absolute Gasteiger partial charge is 0.171 e. The molecule has 0 heterocycles. The van der Waals surface area contributed by atoms with Gasteiger partial charge in [0.05, 0.1) is 18.3 Å². The maximum Gasteiger partial charge on any atom is 0.171 e. The van der Waals surface area contributed by atoms with E-state index in [1.807, 2.05) is 31.2 Å². The van der Waals surface area contributed by atoms with E-state index in [0.29, 0.717) is 11.7 Å². The number of aryl methyl sites for hydroxylation is 1. The summed E-state index contributed by atoms with van der Waals surface area (Å²) in [5.41, 5.74) is 3.38. The normalized spacial score (nSPS) is 11.6. The number of rotatable bonds is 6. The van der Waals surface area contributed by atoms with E-state index >= 15 is 0 Å². The van der Waals surface area contributed by atoms with Gasteiger partial charge in [-0.15, -0.1) is 0 Å². The minimum atomic E-state index is 0.190. The van der Waals surface area contributed by atoms with Crippen molar-refractivity contribution in [2.45, 2.75) is 33.2 Å². The highest BCUT2D eigenvalue weighted by atomic mass is 32.1. The number of anilines is 1. The third-order valence-electron chi connectivity index (χ3n) is 3.63. The molecule has 0 saturated carbocycles. The molecule has 122 valence electrons. The van der Waals surface area contributed by atoms with E-state index in [9.17, 15) is 0 Å². The van der Waals surface area contributed by atoms with Crippen LogP contribution >= 0.6 is 12.2 Å². The van der Waals surface area contributed by atoms with Gasteiger partial charge in [0.1, 0.15) is 5.75 Å². The summed E-state index contributed by atoms with van der Waals surface area (Å²) in [6, 6.07) is 16.5. The maximum atomic E-state index is 5.62. The van der Waals surface area contributed by atoms with Crippen LogP contribution in [0.25, 0.3) is 0 Å². The van der Waals surface area contributed by atoms with E-state index in [1.54, 1.807) is 0 Å². The van der Waals surface area contributed by atoms with Gasteiger partial charge in [-0.3, -0.25) is 0 Å². The van der Waals surface area contributed by atoms with Crippen LogP contribution < -0.4 is 15.4 Å². The van der Waals surface area contributed by atoms with Crippen LogP contribution in [0.2, 0.25) is 0 Å². The fourth-order valence-electron chi connectivity index (χ4n) is 2.39. The van der Waals surface area contributed by atoms with Crippen molar-refractivity contribution in [2.24, 2.45) is 0 Å². The lowest BCUT2D eigenvalue weighted by Gasteiger charge is -2.21. The predicted octanol–water partition coefficient (Wildman–Crippen LogP) is 4.83. The van der Waals surface area contributed by atoms with Crippen molar-refractivity contribution in [3.05, 3.63) is 59.7 Å². The first-order chi connectivity index (χ1) is 11.1. The van der Waals surface area contributed by atoms with Crippen molar-refractivity contribution in [3.8, 4) is 5.75 Å². The molecule has 4 heteroatoms. The lowest BCUT2D eigenvalue weighted by Crippen LogP contribution is -2.32. The van der Waals surface area contributed by atoms with Gasteiger partial charge in [0.15, 0.2) is 5.11 Å². The number of nitrogens with one attached hydrogen (secondary N) is 2. The molecule has 2 aromatic rings. The second-order valence-electron chi connectivity index (χ2n) is 5.40. The quantitative estimate of drug-likeness (QED) is 0.744. The Balaban J connectivity index is 2.04. The van der Waals surface area contributed by atoms with Gasteiger partial charge >= 0.3 is 0 Å². The molecule has 0 spiro atoms. The van der Waals surface area contributed by atoms with Gasteiger partial charge in [-0.25, -0.2) is 0 Å². The fraction of sp³-hybridized carbons (Fsp3) is 0.316. The maximum absolute atomic E-state index is 5.62. The lowest BCUT2D eigenvalue weighted by molar-refractivity contribution is 0.342. The molecule has 0 fully saturated rings. The zero-order valence-electron chi connectivity index (χ0n) is 13.9. The summed E-state index contributed by atoms with van der Waals surface area (Å²) in [5, 5.41) is 7.22. The first kappa shape index (κ1) is 17.3. The van der Waals surface area contributed by atoms with Gasteiger partial charge in [-0.1, -0.05) is 48.9 Å². The van der Waals surface area contributed by atoms with Gasteiger partial charge < -0.3 is 15.4 Å². The number of ether oxygens (including phenoxy) is 1. The van der Waals surface area contributed by atoms with E-state index in [4.69, 9.17) is 17.0 Å². The van der Waals surface area contributed by atoms with E-state index in [0.717, 1.165) is 17.9 Å². The largest absolute Gasteiger partial charge is 0.492 e. The van der Waals surface area contributed by atoms with Gasteiger partial charge in [-0.2, -0.15) is 0 Å². The minimum Gasteiger partial charge on any atom is -0.492 e. The van der Waals surface area contributed by atoms with Crippen LogP contribution in [-0.4, -0.2) is 11.7 Å². The van der Waals surface area contributed by atoms with Crippen LogP contribution in [0.3, 0.4) is 0 Å². The van der Waals surface area contributed by atoms with Crippen LogP contribution in [0.4, 0.5) is 5.69 Å². The Morgan fingerprint density at radius 1 is 1.09 bits per heavy atom. The van der Waals surface area contributed by atoms with Crippen molar-refractivity contribution in [1.29, 1.82) is 0 Å².